The molecule has 1 rings (SSSR count). The molecule has 9 heavy (non-hydrogen) atoms. The van der Waals surface area contributed by atoms with Crippen molar-refractivity contribution in [1.82, 2.24) is 0 Å². The third-order valence-corrected chi connectivity index (χ3v) is 1.78. The Balaban J connectivity index is 3.17. The molecule has 0 heterocycles. The molecule has 0 spiro atoms. The SMILES string of the molecule is Cc1cc(Cl)ccc1Cl. The van der Waals surface area contributed by atoms with Crippen molar-refractivity contribution in [2.75, 3.05) is 0 Å². The van der Waals surface area contributed by atoms with Gasteiger partial charge in [-0.1, -0.05) is 23.2 Å². The second kappa shape index (κ2) is 2.59. The number of hydrogen-bond acceptors (Lipinski definition) is 0. The predicted octanol–water partition coefficient (Wildman–Crippen LogP) is 3.30. The van der Waals surface area contributed by atoms with Crippen LogP contribution in [0.2, 0.25) is 10.0 Å². The van der Waals surface area contributed by atoms with Gasteiger partial charge in [-0.2, -0.15) is 0 Å². The molecule has 0 saturated heterocycles. The summed E-state index contributed by atoms with van der Waals surface area (Å²) in [6.07, 6.45) is 0. The van der Waals surface area contributed by atoms with E-state index in [0.29, 0.717) is 0 Å². The fourth-order valence-electron chi connectivity index (χ4n) is 0.608. The van der Waals surface area contributed by atoms with Crippen LogP contribution in [0.25, 0.3) is 0 Å². The molecule has 0 saturated carbocycles. The van der Waals surface area contributed by atoms with Crippen molar-refractivity contribution < 1.29 is 0 Å². The lowest BCUT2D eigenvalue weighted by Crippen LogP contribution is -1.72. The average Bonchev–Trinajstić information content (AvgIpc) is 1.80. The summed E-state index contributed by atoms with van der Waals surface area (Å²) in [5.41, 5.74) is 1.02. The molecule has 1 aromatic carbocycles. The molecule has 0 aliphatic carbocycles. The molecule has 0 amide bonds. The van der Waals surface area contributed by atoms with Crippen LogP contribution in [0.5, 0.6) is 0 Å². The molecule has 0 nitrogen and oxygen atoms in total. The number of benzene rings is 1. The Morgan fingerprint density at radius 1 is 1.22 bits per heavy atom. The predicted molar refractivity (Wildman–Crippen MR) is 41.2 cm³/mol. The normalized spacial score (nSPS) is 9.67. The van der Waals surface area contributed by atoms with E-state index in [-0.39, 0.29) is 0 Å². The van der Waals surface area contributed by atoms with Gasteiger partial charge in [0.2, 0.25) is 0 Å². The first-order valence-electron chi connectivity index (χ1n) is 2.62. The molecule has 0 radical (unpaired) electrons. The van der Waals surface area contributed by atoms with Gasteiger partial charge in [0.05, 0.1) is 0 Å². The van der Waals surface area contributed by atoms with Crippen molar-refractivity contribution in [3.05, 3.63) is 33.8 Å². The lowest BCUT2D eigenvalue weighted by molar-refractivity contribution is 1.47. The minimum atomic E-state index is 0.733. The highest BCUT2D eigenvalue weighted by molar-refractivity contribution is 6.33. The monoisotopic (exact) mass is 160 g/mol. The van der Waals surface area contributed by atoms with Crippen LogP contribution < -0.4 is 0 Å². The van der Waals surface area contributed by atoms with Crippen LogP contribution in [0, 0.1) is 6.92 Å². The number of aryl methyl sites for hydroxylation is 1. The summed E-state index contributed by atoms with van der Waals surface area (Å²) in [6, 6.07) is 5.40. The summed E-state index contributed by atoms with van der Waals surface area (Å²) < 4.78 is 0. The van der Waals surface area contributed by atoms with E-state index < -0.39 is 0 Å². The molecular formula is C7H6Cl2. The van der Waals surface area contributed by atoms with Gasteiger partial charge in [-0.15, -0.1) is 0 Å². The highest BCUT2D eigenvalue weighted by Gasteiger charge is 1.92. The Kier molecular flexibility index (Phi) is 1.99. The molecule has 0 aliphatic heterocycles. The number of halogens is 2. The van der Waals surface area contributed by atoms with Gasteiger partial charge in [-0.3, -0.25) is 0 Å². The van der Waals surface area contributed by atoms with Crippen LogP contribution in [-0.2, 0) is 0 Å². The van der Waals surface area contributed by atoms with Gasteiger partial charge >= 0.3 is 0 Å². The van der Waals surface area contributed by atoms with E-state index in [1.165, 1.54) is 0 Å². The molecule has 2 heteroatoms. The minimum Gasteiger partial charge on any atom is -0.0843 e. The van der Waals surface area contributed by atoms with Crippen LogP contribution in [0.4, 0.5) is 0 Å². The number of rotatable bonds is 0. The first kappa shape index (κ1) is 6.91. The summed E-state index contributed by atoms with van der Waals surface area (Å²) in [7, 11) is 0. The minimum absolute atomic E-state index is 0.733. The van der Waals surface area contributed by atoms with E-state index in [0.717, 1.165) is 15.6 Å². The maximum absolute atomic E-state index is 5.72. The Morgan fingerprint density at radius 2 is 1.89 bits per heavy atom. The molecule has 0 atom stereocenters. The fourth-order valence-corrected chi connectivity index (χ4v) is 0.952. The van der Waals surface area contributed by atoms with Crippen molar-refractivity contribution in [2.24, 2.45) is 0 Å². The third kappa shape index (κ3) is 1.60. The van der Waals surface area contributed by atoms with E-state index >= 15 is 0 Å². The first-order valence-corrected chi connectivity index (χ1v) is 3.37. The van der Waals surface area contributed by atoms with Crippen LogP contribution in [-0.4, -0.2) is 0 Å². The van der Waals surface area contributed by atoms with E-state index in [2.05, 4.69) is 0 Å². The van der Waals surface area contributed by atoms with E-state index in [1.54, 1.807) is 12.1 Å². The molecule has 0 unspecified atom stereocenters. The number of hydrogen-bond donors (Lipinski definition) is 0. The molecule has 1 aromatic rings. The van der Waals surface area contributed by atoms with Crippen LogP contribution in [0.1, 0.15) is 5.56 Å². The van der Waals surface area contributed by atoms with Crippen molar-refractivity contribution in [3.8, 4) is 0 Å². The fraction of sp³-hybridized carbons (Fsp3) is 0.143. The largest absolute Gasteiger partial charge is 0.0843 e. The Bertz CT molecular complexity index is 218. The molecule has 0 bridgehead atoms. The van der Waals surface area contributed by atoms with E-state index in [9.17, 15) is 0 Å². The second-order valence-electron chi connectivity index (χ2n) is 1.89. The van der Waals surface area contributed by atoms with Gasteiger partial charge < -0.3 is 0 Å². The summed E-state index contributed by atoms with van der Waals surface area (Å²) in [4.78, 5) is 0. The average molecular weight is 161 g/mol. The Hall–Kier alpha value is -0.200. The summed E-state index contributed by atoms with van der Waals surface area (Å²) >= 11 is 11.4. The first-order chi connectivity index (χ1) is 4.20. The zero-order chi connectivity index (χ0) is 6.85. The zero-order valence-corrected chi connectivity index (χ0v) is 6.50. The highest BCUT2D eigenvalue weighted by Crippen LogP contribution is 2.18. The maximum atomic E-state index is 5.72. The van der Waals surface area contributed by atoms with Crippen molar-refractivity contribution in [2.45, 2.75) is 6.92 Å². The van der Waals surface area contributed by atoms with Gasteiger partial charge in [0, 0.05) is 10.0 Å². The van der Waals surface area contributed by atoms with Gasteiger partial charge in [-0.25, -0.2) is 0 Å². The molecule has 48 valence electrons. The third-order valence-electron chi connectivity index (χ3n) is 1.12. The van der Waals surface area contributed by atoms with E-state index in [1.807, 2.05) is 13.0 Å². The summed E-state index contributed by atoms with van der Waals surface area (Å²) in [5.74, 6) is 0. The Labute approximate surface area is 64.4 Å². The lowest BCUT2D eigenvalue weighted by atomic mass is 10.2. The quantitative estimate of drug-likeness (QED) is 0.547. The van der Waals surface area contributed by atoms with Crippen LogP contribution in [0.15, 0.2) is 18.2 Å². The smallest absolute Gasteiger partial charge is 0.0436 e. The molecule has 0 aromatic heterocycles. The topological polar surface area (TPSA) is 0 Å². The van der Waals surface area contributed by atoms with Gasteiger partial charge in [0.25, 0.3) is 0 Å². The zero-order valence-electron chi connectivity index (χ0n) is 4.99. The van der Waals surface area contributed by atoms with Crippen LogP contribution >= 0.6 is 23.2 Å². The van der Waals surface area contributed by atoms with Gasteiger partial charge in [0.15, 0.2) is 0 Å². The lowest BCUT2D eigenvalue weighted by Gasteiger charge is -1.94. The highest BCUT2D eigenvalue weighted by atomic mass is 35.5. The second-order valence-corrected chi connectivity index (χ2v) is 2.74. The van der Waals surface area contributed by atoms with E-state index in [4.69, 9.17) is 23.2 Å². The standard InChI is InChI=1S/C7H6Cl2/c1-5-4-6(8)2-3-7(5)9/h2-4H,1H3. The van der Waals surface area contributed by atoms with Crippen LogP contribution in [0.3, 0.4) is 0 Å². The Morgan fingerprint density at radius 3 is 2.33 bits per heavy atom. The van der Waals surface area contributed by atoms with Crippen molar-refractivity contribution in [1.29, 1.82) is 0 Å². The summed E-state index contributed by atoms with van der Waals surface area (Å²) in [6.45, 7) is 1.92. The molecule has 0 aliphatic rings. The van der Waals surface area contributed by atoms with Gasteiger partial charge in [0.1, 0.15) is 0 Å². The van der Waals surface area contributed by atoms with Crippen molar-refractivity contribution in [3.63, 3.8) is 0 Å². The maximum Gasteiger partial charge on any atom is 0.0436 e. The molecule has 0 fully saturated rings. The van der Waals surface area contributed by atoms with Crippen molar-refractivity contribution >= 4 is 23.2 Å². The van der Waals surface area contributed by atoms with Gasteiger partial charge in [-0.05, 0) is 30.7 Å². The molecular weight excluding hydrogens is 155 g/mol. The summed E-state index contributed by atoms with van der Waals surface area (Å²) in [5, 5.41) is 1.50. The molecule has 0 N–H and O–H groups in total.